The van der Waals surface area contributed by atoms with E-state index >= 15 is 0 Å². The number of benzene rings is 1. The Kier molecular flexibility index (Phi) is 4.90. The Labute approximate surface area is 123 Å². The number of amides is 2. The van der Waals surface area contributed by atoms with Crippen molar-refractivity contribution in [2.45, 2.75) is 19.4 Å². The predicted molar refractivity (Wildman–Crippen MR) is 78.4 cm³/mol. The fraction of sp³-hybridized carbons (Fsp3) is 0.400. The molecule has 1 fully saturated rings. The highest BCUT2D eigenvalue weighted by molar-refractivity contribution is 5.93. The Morgan fingerprint density at radius 3 is 2.90 bits per heavy atom. The Balaban J connectivity index is 1.86. The van der Waals surface area contributed by atoms with Crippen molar-refractivity contribution in [3.8, 4) is 6.07 Å². The zero-order valence-corrected chi connectivity index (χ0v) is 11.9. The van der Waals surface area contributed by atoms with Crippen LogP contribution >= 0.6 is 0 Å². The summed E-state index contributed by atoms with van der Waals surface area (Å²) in [6.07, 6.45) is 0.849. The smallest absolute Gasteiger partial charge is 0.238 e. The lowest BCUT2D eigenvalue weighted by molar-refractivity contribution is -0.119. The monoisotopic (exact) mass is 286 g/mol. The van der Waals surface area contributed by atoms with E-state index in [2.05, 4.69) is 10.6 Å². The van der Waals surface area contributed by atoms with Crippen molar-refractivity contribution in [2.24, 2.45) is 0 Å². The van der Waals surface area contributed by atoms with Crippen LogP contribution in [0.25, 0.3) is 0 Å². The van der Waals surface area contributed by atoms with Gasteiger partial charge >= 0.3 is 0 Å². The van der Waals surface area contributed by atoms with Crippen molar-refractivity contribution in [3.05, 3.63) is 29.8 Å². The molecule has 0 bridgehead atoms. The highest BCUT2D eigenvalue weighted by Gasteiger charge is 2.24. The average Bonchev–Trinajstić information content (AvgIpc) is 2.85. The molecule has 0 radical (unpaired) electrons. The van der Waals surface area contributed by atoms with Gasteiger partial charge in [-0.15, -0.1) is 0 Å². The molecule has 21 heavy (non-hydrogen) atoms. The van der Waals surface area contributed by atoms with Crippen molar-refractivity contribution < 1.29 is 9.59 Å². The normalized spacial score (nSPS) is 18.0. The van der Waals surface area contributed by atoms with Crippen molar-refractivity contribution >= 4 is 17.5 Å². The van der Waals surface area contributed by atoms with E-state index in [-0.39, 0.29) is 24.4 Å². The third-order valence-electron chi connectivity index (χ3n) is 3.37. The fourth-order valence-electron chi connectivity index (χ4n) is 2.46. The van der Waals surface area contributed by atoms with E-state index in [9.17, 15) is 9.59 Å². The van der Waals surface area contributed by atoms with Gasteiger partial charge in [-0.05, 0) is 18.6 Å². The van der Waals surface area contributed by atoms with E-state index in [4.69, 9.17) is 5.26 Å². The van der Waals surface area contributed by atoms with Crippen molar-refractivity contribution in [2.75, 3.05) is 25.0 Å². The predicted octanol–water partition coefficient (Wildman–Crippen LogP) is 0.707. The first-order valence-electron chi connectivity index (χ1n) is 6.87. The second-order valence-corrected chi connectivity index (χ2v) is 5.13. The highest BCUT2D eigenvalue weighted by Crippen LogP contribution is 2.14. The number of hydrogen-bond donors (Lipinski definition) is 2. The molecule has 2 rings (SSSR count). The number of carbonyl (C=O) groups excluding carboxylic acids is 2. The summed E-state index contributed by atoms with van der Waals surface area (Å²) in [4.78, 5) is 25.0. The molecular formula is C15H18N4O2. The Morgan fingerprint density at radius 2 is 2.19 bits per heavy atom. The summed E-state index contributed by atoms with van der Waals surface area (Å²) in [6.45, 7) is 3.20. The molecule has 6 nitrogen and oxygen atoms in total. The van der Waals surface area contributed by atoms with Gasteiger partial charge in [0.15, 0.2) is 0 Å². The number of nitriles is 1. The molecule has 1 aliphatic rings. The number of para-hydroxylation sites is 1. The van der Waals surface area contributed by atoms with Crippen LogP contribution in [0.15, 0.2) is 24.3 Å². The third kappa shape index (κ3) is 4.29. The molecule has 0 spiro atoms. The van der Waals surface area contributed by atoms with Crippen LogP contribution in [0.2, 0.25) is 0 Å². The summed E-state index contributed by atoms with van der Waals surface area (Å²) in [7, 11) is 0. The molecule has 0 aliphatic carbocycles. The first-order valence-corrected chi connectivity index (χ1v) is 6.87. The van der Waals surface area contributed by atoms with E-state index in [0.29, 0.717) is 17.8 Å². The van der Waals surface area contributed by atoms with Gasteiger partial charge in [-0.3, -0.25) is 14.5 Å². The van der Waals surface area contributed by atoms with E-state index in [1.165, 1.54) is 6.92 Å². The van der Waals surface area contributed by atoms with Crippen LogP contribution in [0, 0.1) is 11.3 Å². The van der Waals surface area contributed by atoms with Crippen molar-refractivity contribution in [1.82, 2.24) is 10.2 Å². The van der Waals surface area contributed by atoms with Crippen LogP contribution in [0.3, 0.4) is 0 Å². The highest BCUT2D eigenvalue weighted by atomic mass is 16.2. The summed E-state index contributed by atoms with van der Waals surface area (Å²) in [5, 5.41) is 14.6. The number of nitrogens with one attached hydrogen (secondary N) is 2. The van der Waals surface area contributed by atoms with Crippen molar-refractivity contribution in [3.63, 3.8) is 0 Å². The van der Waals surface area contributed by atoms with E-state index < -0.39 is 0 Å². The zero-order valence-electron chi connectivity index (χ0n) is 11.9. The number of rotatable bonds is 4. The maximum absolute atomic E-state index is 12.0. The maximum atomic E-state index is 12.0. The van der Waals surface area contributed by atoms with Gasteiger partial charge in [0.05, 0.1) is 17.8 Å². The van der Waals surface area contributed by atoms with Gasteiger partial charge < -0.3 is 10.6 Å². The largest absolute Gasteiger partial charge is 0.352 e. The van der Waals surface area contributed by atoms with Crippen molar-refractivity contribution in [1.29, 1.82) is 5.26 Å². The molecule has 1 unspecified atom stereocenters. The number of anilines is 1. The Hall–Kier alpha value is -2.39. The third-order valence-corrected chi connectivity index (χ3v) is 3.37. The lowest BCUT2D eigenvalue weighted by Gasteiger charge is -2.16. The molecule has 2 amide bonds. The summed E-state index contributed by atoms with van der Waals surface area (Å²) in [5.74, 6) is -0.199. The molecule has 1 atom stereocenters. The molecule has 6 heteroatoms. The Morgan fingerprint density at radius 1 is 1.43 bits per heavy atom. The molecule has 1 saturated heterocycles. The Bertz CT molecular complexity index is 579. The number of carbonyl (C=O) groups is 2. The quantitative estimate of drug-likeness (QED) is 0.853. The SMILES string of the molecule is CC(=O)NC1CCN(CC(=O)Nc2ccccc2C#N)C1. The lowest BCUT2D eigenvalue weighted by Crippen LogP contribution is -2.37. The summed E-state index contributed by atoms with van der Waals surface area (Å²) >= 11 is 0. The zero-order chi connectivity index (χ0) is 15.2. The summed E-state index contributed by atoms with van der Waals surface area (Å²) < 4.78 is 0. The molecule has 1 aliphatic heterocycles. The first kappa shape index (κ1) is 15.0. The number of likely N-dealkylation sites (tertiary alicyclic amines) is 1. The molecular weight excluding hydrogens is 268 g/mol. The minimum absolute atomic E-state index is 0.0470. The second-order valence-electron chi connectivity index (χ2n) is 5.13. The van der Waals surface area contributed by atoms with Crippen LogP contribution in [0.4, 0.5) is 5.69 Å². The maximum Gasteiger partial charge on any atom is 0.238 e. The van der Waals surface area contributed by atoms with Gasteiger partial charge in [-0.2, -0.15) is 5.26 Å². The second kappa shape index (κ2) is 6.86. The minimum atomic E-state index is -0.152. The minimum Gasteiger partial charge on any atom is -0.352 e. The van der Waals surface area contributed by atoms with Crippen LogP contribution in [-0.2, 0) is 9.59 Å². The number of nitrogens with zero attached hydrogens (tertiary/aromatic N) is 2. The molecule has 1 heterocycles. The van der Waals surface area contributed by atoms with Crippen LogP contribution < -0.4 is 10.6 Å². The molecule has 0 aromatic heterocycles. The molecule has 1 aromatic carbocycles. The van der Waals surface area contributed by atoms with Gasteiger partial charge in [0.1, 0.15) is 6.07 Å². The topological polar surface area (TPSA) is 85.2 Å². The van der Waals surface area contributed by atoms with Crippen LogP contribution in [-0.4, -0.2) is 42.4 Å². The van der Waals surface area contributed by atoms with Gasteiger partial charge in [0, 0.05) is 26.1 Å². The lowest BCUT2D eigenvalue weighted by atomic mass is 10.2. The van der Waals surface area contributed by atoms with Gasteiger partial charge in [-0.1, -0.05) is 12.1 Å². The standard InChI is InChI=1S/C15H18N4O2/c1-11(20)17-13-6-7-19(9-13)10-15(21)18-14-5-3-2-4-12(14)8-16/h2-5,13H,6-7,9-10H2,1H3,(H,17,20)(H,18,21). The summed E-state index contributed by atoms with van der Waals surface area (Å²) in [6, 6.07) is 9.07. The average molecular weight is 286 g/mol. The van der Waals surface area contributed by atoms with Gasteiger partial charge in [0.25, 0.3) is 0 Å². The molecule has 0 saturated carbocycles. The van der Waals surface area contributed by atoms with Crippen LogP contribution in [0.5, 0.6) is 0 Å². The molecule has 110 valence electrons. The summed E-state index contributed by atoms with van der Waals surface area (Å²) in [5.41, 5.74) is 0.978. The van der Waals surface area contributed by atoms with Gasteiger partial charge in [0.2, 0.25) is 11.8 Å². The van der Waals surface area contributed by atoms with E-state index in [1.54, 1.807) is 24.3 Å². The molecule has 2 N–H and O–H groups in total. The number of hydrogen-bond acceptors (Lipinski definition) is 4. The first-order chi connectivity index (χ1) is 10.1. The molecule has 1 aromatic rings. The van der Waals surface area contributed by atoms with E-state index in [1.807, 2.05) is 11.0 Å². The fourth-order valence-corrected chi connectivity index (χ4v) is 2.46. The van der Waals surface area contributed by atoms with E-state index in [0.717, 1.165) is 13.0 Å². The van der Waals surface area contributed by atoms with Gasteiger partial charge in [-0.25, -0.2) is 0 Å². The van der Waals surface area contributed by atoms with Crippen LogP contribution in [0.1, 0.15) is 18.9 Å².